The van der Waals surface area contributed by atoms with Crippen LogP contribution in [0.25, 0.3) is 0 Å². The molecule has 1 heterocycles. The van der Waals surface area contributed by atoms with Crippen LogP contribution in [0.5, 0.6) is 0 Å². The maximum absolute atomic E-state index is 13.2. The lowest BCUT2D eigenvalue weighted by Crippen LogP contribution is -2.33. The second-order valence-corrected chi connectivity index (χ2v) is 5.09. The first-order valence-corrected chi connectivity index (χ1v) is 5.73. The van der Waals surface area contributed by atoms with Crippen LogP contribution in [0, 0.1) is 17.6 Å². The van der Waals surface area contributed by atoms with Crippen molar-refractivity contribution in [3.05, 3.63) is 35.4 Å². The van der Waals surface area contributed by atoms with Gasteiger partial charge in [-0.3, -0.25) is 4.79 Å². The molecule has 4 heteroatoms. The van der Waals surface area contributed by atoms with E-state index in [1.807, 2.05) is 0 Å². The number of carbonyl (C=O) groups excluding carboxylic acids is 1. The van der Waals surface area contributed by atoms with E-state index in [2.05, 4.69) is 5.32 Å². The van der Waals surface area contributed by atoms with Crippen molar-refractivity contribution in [2.45, 2.75) is 24.8 Å². The van der Waals surface area contributed by atoms with E-state index >= 15 is 0 Å². The van der Waals surface area contributed by atoms with Gasteiger partial charge in [-0.05, 0) is 37.0 Å². The van der Waals surface area contributed by atoms with Crippen molar-refractivity contribution >= 4 is 5.78 Å². The fourth-order valence-electron chi connectivity index (χ4n) is 3.11. The largest absolute Gasteiger partial charge is 0.306 e. The van der Waals surface area contributed by atoms with Gasteiger partial charge >= 0.3 is 0 Å². The third kappa shape index (κ3) is 1.51. The number of fused-ring (bicyclic) bond motifs is 1. The van der Waals surface area contributed by atoms with E-state index in [9.17, 15) is 13.6 Å². The Morgan fingerprint density at radius 3 is 2.47 bits per heavy atom. The zero-order valence-electron chi connectivity index (χ0n) is 9.47. The van der Waals surface area contributed by atoms with E-state index in [1.54, 1.807) is 6.92 Å². The normalized spacial score (nSPS) is 34.5. The molecular weight excluding hydrogens is 224 g/mol. The van der Waals surface area contributed by atoms with Crippen molar-refractivity contribution in [1.82, 2.24) is 5.32 Å². The molecule has 17 heavy (non-hydrogen) atoms. The number of piperidine rings is 1. The number of Topliss-reactive ketones (excluding diaryl/α,β-unsaturated/α-hetero) is 1. The monoisotopic (exact) mass is 237 g/mol. The predicted octanol–water partition coefficient (Wildman–Crippen LogP) is 1.78. The lowest BCUT2D eigenvalue weighted by Gasteiger charge is -2.12. The van der Waals surface area contributed by atoms with Crippen molar-refractivity contribution in [3.8, 4) is 0 Å². The lowest BCUT2D eigenvalue weighted by molar-refractivity contribution is -0.119. The van der Waals surface area contributed by atoms with Crippen LogP contribution in [0.15, 0.2) is 18.2 Å². The molecule has 1 aliphatic carbocycles. The number of hydrogen-bond acceptors (Lipinski definition) is 2. The Bertz CT molecular complexity index is 482. The van der Waals surface area contributed by atoms with Gasteiger partial charge in [0.15, 0.2) is 0 Å². The van der Waals surface area contributed by atoms with Crippen molar-refractivity contribution < 1.29 is 13.6 Å². The smallest absolute Gasteiger partial charge is 0.146 e. The molecular formula is C13H13F2NO. The molecule has 1 saturated carbocycles. The highest BCUT2D eigenvalue weighted by Crippen LogP contribution is 2.59. The van der Waals surface area contributed by atoms with Crippen LogP contribution in [0.4, 0.5) is 8.78 Å². The first-order chi connectivity index (χ1) is 8.03. The summed E-state index contributed by atoms with van der Waals surface area (Å²) in [7, 11) is 0. The minimum atomic E-state index is -0.550. The van der Waals surface area contributed by atoms with E-state index < -0.39 is 11.6 Å². The Hall–Kier alpha value is -1.29. The molecule has 1 aromatic carbocycles. The van der Waals surface area contributed by atoms with E-state index in [-0.39, 0.29) is 23.2 Å². The molecule has 0 radical (unpaired) electrons. The highest BCUT2D eigenvalue weighted by Gasteiger charge is 2.63. The summed E-state index contributed by atoms with van der Waals surface area (Å²) in [6.07, 6.45) is 0.840. The molecule has 2 aliphatic rings. The van der Waals surface area contributed by atoms with Gasteiger partial charge in [-0.25, -0.2) is 8.78 Å². The van der Waals surface area contributed by atoms with Crippen molar-refractivity contribution in [2.75, 3.05) is 6.54 Å². The summed E-state index contributed by atoms with van der Waals surface area (Å²) >= 11 is 0. The summed E-state index contributed by atoms with van der Waals surface area (Å²) in [5, 5.41) is 3.14. The first kappa shape index (κ1) is 10.8. The quantitative estimate of drug-likeness (QED) is 0.849. The molecule has 1 saturated heterocycles. The molecule has 0 spiro atoms. The number of nitrogens with one attached hydrogen (secondary N) is 1. The highest BCUT2D eigenvalue weighted by atomic mass is 19.1. The van der Waals surface area contributed by atoms with Gasteiger partial charge in [-0.1, -0.05) is 0 Å². The molecule has 1 aromatic rings. The third-order valence-corrected chi connectivity index (χ3v) is 4.05. The number of carbonyl (C=O) groups is 1. The van der Waals surface area contributed by atoms with Crippen molar-refractivity contribution in [2.24, 2.45) is 5.92 Å². The molecule has 0 unspecified atom stereocenters. The number of ketones is 1. The Balaban J connectivity index is 1.95. The first-order valence-electron chi connectivity index (χ1n) is 5.73. The zero-order chi connectivity index (χ0) is 12.2. The predicted molar refractivity (Wildman–Crippen MR) is 58.6 cm³/mol. The second kappa shape index (κ2) is 3.35. The topological polar surface area (TPSA) is 29.1 Å². The maximum Gasteiger partial charge on any atom is 0.146 e. The minimum Gasteiger partial charge on any atom is -0.306 e. The molecule has 90 valence electrons. The summed E-state index contributed by atoms with van der Waals surface area (Å²) in [5.74, 6) is -0.801. The summed E-state index contributed by atoms with van der Waals surface area (Å²) < 4.78 is 26.4. The van der Waals surface area contributed by atoms with Gasteiger partial charge in [0, 0.05) is 18.0 Å². The Labute approximate surface area is 98.0 Å². The van der Waals surface area contributed by atoms with Crippen LogP contribution in [0.3, 0.4) is 0 Å². The van der Waals surface area contributed by atoms with E-state index in [0.717, 1.165) is 12.5 Å². The Kier molecular flexibility index (Phi) is 2.14. The summed E-state index contributed by atoms with van der Waals surface area (Å²) in [6.45, 7) is 2.18. The van der Waals surface area contributed by atoms with E-state index in [1.165, 1.54) is 12.1 Å². The highest BCUT2D eigenvalue weighted by molar-refractivity contribution is 5.83. The van der Waals surface area contributed by atoms with E-state index in [4.69, 9.17) is 0 Å². The van der Waals surface area contributed by atoms with Crippen molar-refractivity contribution in [1.29, 1.82) is 0 Å². The Morgan fingerprint density at radius 1 is 1.35 bits per heavy atom. The van der Waals surface area contributed by atoms with Gasteiger partial charge in [-0.15, -0.1) is 0 Å². The zero-order valence-corrected chi connectivity index (χ0v) is 9.47. The fraction of sp³-hybridized carbons (Fsp3) is 0.462. The lowest BCUT2D eigenvalue weighted by atomic mass is 9.93. The second-order valence-electron chi connectivity index (χ2n) is 5.09. The Morgan fingerprint density at radius 2 is 2.00 bits per heavy atom. The molecule has 2 fully saturated rings. The summed E-state index contributed by atoms with van der Waals surface area (Å²) in [5.41, 5.74) is 0.454. The van der Waals surface area contributed by atoms with Gasteiger partial charge in [0.05, 0.1) is 6.04 Å². The standard InChI is InChI=1S/C13H13F2NO/c1-7(17)12-11-5-13(11,6-16-12)8-2-9(14)4-10(15)3-8/h2-4,11-12,16H,5-6H2,1H3/t11-,12-,13+/m0/s1. The van der Waals surface area contributed by atoms with Gasteiger partial charge in [0.2, 0.25) is 0 Å². The molecule has 3 rings (SSSR count). The van der Waals surface area contributed by atoms with Crippen LogP contribution in [-0.2, 0) is 10.2 Å². The van der Waals surface area contributed by atoms with Gasteiger partial charge in [0.1, 0.15) is 17.4 Å². The fourth-order valence-corrected chi connectivity index (χ4v) is 3.11. The molecule has 0 bridgehead atoms. The molecule has 3 atom stereocenters. The molecule has 0 amide bonds. The van der Waals surface area contributed by atoms with Crippen LogP contribution in [-0.4, -0.2) is 18.4 Å². The number of benzene rings is 1. The van der Waals surface area contributed by atoms with Gasteiger partial charge in [0.25, 0.3) is 0 Å². The molecule has 1 aliphatic heterocycles. The maximum atomic E-state index is 13.2. The number of hydrogen-bond donors (Lipinski definition) is 1. The summed E-state index contributed by atoms with van der Waals surface area (Å²) in [6, 6.07) is 3.49. The van der Waals surface area contributed by atoms with Crippen LogP contribution in [0.2, 0.25) is 0 Å². The molecule has 2 nitrogen and oxygen atoms in total. The number of rotatable bonds is 2. The third-order valence-electron chi connectivity index (χ3n) is 4.05. The average molecular weight is 237 g/mol. The van der Waals surface area contributed by atoms with Gasteiger partial charge in [-0.2, -0.15) is 0 Å². The van der Waals surface area contributed by atoms with Crippen LogP contribution < -0.4 is 5.32 Å². The summed E-state index contributed by atoms with van der Waals surface area (Å²) in [4.78, 5) is 11.4. The van der Waals surface area contributed by atoms with Crippen LogP contribution in [0.1, 0.15) is 18.9 Å². The van der Waals surface area contributed by atoms with Crippen molar-refractivity contribution in [3.63, 3.8) is 0 Å². The van der Waals surface area contributed by atoms with Crippen LogP contribution >= 0.6 is 0 Å². The average Bonchev–Trinajstić information content (AvgIpc) is 2.84. The minimum absolute atomic E-state index is 0.103. The number of halogens is 2. The SMILES string of the molecule is CC(=O)[C@@H]1NC[C@@]2(c3cc(F)cc(F)c3)C[C@@H]12. The molecule has 1 N–H and O–H groups in total. The van der Waals surface area contributed by atoms with E-state index in [0.29, 0.717) is 12.1 Å². The van der Waals surface area contributed by atoms with Gasteiger partial charge < -0.3 is 5.32 Å². The molecule has 0 aromatic heterocycles.